The van der Waals surface area contributed by atoms with Gasteiger partial charge in [0.1, 0.15) is 18.0 Å². The first-order valence-corrected chi connectivity index (χ1v) is 23.2. The van der Waals surface area contributed by atoms with Gasteiger partial charge in [-0.05, 0) is 49.7 Å². The number of esters is 1. The highest BCUT2D eigenvalue weighted by molar-refractivity contribution is 5.75. The van der Waals surface area contributed by atoms with E-state index >= 15 is 0 Å². The molecule has 16 nitrogen and oxygen atoms in total. The number of anilines is 1. The number of unbranched alkanes of at least 4 members (excludes halogenated alkanes) is 15. The van der Waals surface area contributed by atoms with Crippen LogP contribution < -0.4 is 25.0 Å². The smallest absolute Gasteiger partial charge is 0.305 e. The number of rotatable bonds is 34. The molecule has 0 spiro atoms. The Kier molecular flexibility index (Phi) is 26.1. The Labute approximate surface area is 379 Å². The van der Waals surface area contributed by atoms with Crippen molar-refractivity contribution in [1.29, 1.82) is 0 Å². The average molecular weight is 887 g/mol. The largest absolute Gasteiger partial charge is 0.471 e. The van der Waals surface area contributed by atoms with E-state index in [1.165, 1.54) is 133 Å². The second-order valence-corrected chi connectivity index (χ2v) is 15.6. The quantitative estimate of drug-likeness (QED) is 0.0146. The molecule has 2 amide bonds. The van der Waals surface area contributed by atoms with Crippen molar-refractivity contribution in [2.24, 2.45) is 20.5 Å². The Hall–Kier alpha value is -5.93. The molecule has 0 aliphatic carbocycles. The van der Waals surface area contributed by atoms with Crippen molar-refractivity contribution in [3.05, 3.63) is 70.8 Å². The molecule has 0 atom stereocenters. The Morgan fingerprint density at radius 3 is 1.56 bits per heavy atom. The van der Waals surface area contributed by atoms with Crippen molar-refractivity contribution in [1.82, 2.24) is 10.6 Å². The van der Waals surface area contributed by atoms with Gasteiger partial charge in [0.2, 0.25) is 11.8 Å². The van der Waals surface area contributed by atoms with Crippen LogP contribution in [0.1, 0.15) is 143 Å². The van der Waals surface area contributed by atoms with Gasteiger partial charge < -0.3 is 29.7 Å². The fourth-order valence-corrected chi connectivity index (χ4v) is 6.68. The molecule has 2 N–H and O–H groups in total. The van der Waals surface area contributed by atoms with Crippen LogP contribution >= 0.6 is 0 Å². The molecule has 0 fully saturated rings. The molecule has 0 heterocycles. The zero-order valence-electron chi connectivity index (χ0n) is 38.5. The van der Waals surface area contributed by atoms with Crippen molar-refractivity contribution < 1.29 is 33.5 Å². The van der Waals surface area contributed by atoms with Gasteiger partial charge >= 0.3 is 5.97 Å². The zero-order chi connectivity index (χ0) is 46.2. The van der Waals surface area contributed by atoms with E-state index in [0.29, 0.717) is 37.5 Å². The molecule has 0 radical (unpaired) electrons. The van der Waals surface area contributed by atoms with Crippen molar-refractivity contribution in [2.45, 2.75) is 143 Å². The lowest BCUT2D eigenvalue weighted by molar-refractivity contribution is -0.384. The summed E-state index contributed by atoms with van der Waals surface area (Å²) in [5.41, 5.74) is 2.14. The van der Waals surface area contributed by atoms with Crippen molar-refractivity contribution in [2.75, 3.05) is 38.1 Å². The van der Waals surface area contributed by atoms with E-state index in [1.54, 1.807) is 6.92 Å². The summed E-state index contributed by atoms with van der Waals surface area (Å²) in [5, 5.41) is 33.6. The van der Waals surface area contributed by atoms with Crippen LogP contribution in [-0.4, -0.2) is 55.9 Å². The van der Waals surface area contributed by atoms with Gasteiger partial charge in [-0.15, -0.1) is 10.2 Å². The van der Waals surface area contributed by atoms with Gasteiger partial charge in [0.25, 0.3) is 5.69 Å². The number of azo groups is 2. The van der Waals surface area contributed by atoms with Gasteiger partial charge in [-0.25, -0.2) is 0 Å². The van der Waals surface area contributed by atoms with Gasteiger partial charge in [0, 0.05) is 56.3 Å². The van der Waals surface area contributed by atoms with Crippen molar-refractivity contribution in [3.63, 3.8) is 0 Å². The Morgan fingerprint density at radius 1 is 0.641 bits per heavy atom. The van der Waals surface area contributed by atoms with E-state index < -0.39 is 4.92 Å². The number of nitro groups is 1. The third-order valence-corrected chi connectivity index (χ3v) is 10.5. The van der Waals surface area contributed by atoms with Gasteiger partial charge in [-0.1, -0.05) is 110 Å². The minimum atomic E-state index is -0.513. The second kappa shape index (κ2) is 31.8. The van der Waals surface area contributed by atoms with Crippen LogP contribution in [0.4, 0.5) is 34.1 Å². The van der Waals surface area contributed by atoms with Crippen molar-refractivity contribution in [3.8, 4) is 11.5 Å². The summed E-state index contributed by atoms with van der Waals surface area (Å²) in [6.45, 7) is 8.57. The van der Waals surface area contributed by atoms with E-state index in [2.05, 4.69) is 42.9 Å². The number of benzene rings is 3. The molecule has 0 bridgehead atoms. The Balaban J connectivity index is 1.52. The van der Waals surface area contributed by atoms with Gasteiger partial charge in [0.05, 0.1) is 22.8 Å². The molecular formula is C48H70N8O8. The number of carbonyl (C=O) groups excluding carboxylic acids is 3. The van der Waals surface area contributed by atoms with E-state index in [-0.39, 0.29) is 66.2 Å². The molecule has 16 heteroatoms. The molecule has 64 heavy (non-hydrogen) atoms. The number of amides is 2. The Morgan fingerprint density at radius 2 is 1.11 bits per heavy atom. The third-order valence-electron chi connectivity index (χ3n) is 10.5. The number of nitrogens with zero attached hydrogens (tertiary/aromatic N) is 6. The lowest BCUT2D eigenvalue weighted by Gasteiger charge is -2.23. The highest BCUT2D eigenvalue weighted by Crippen LogP contribution is 2.41. The van der Waals surface area contributed by atoms with Crippen LogP contribution in [0.3, 0.4) is 0 Å². The average Bonchev–Trinajstić information content (AvgIpc) is 3.29. The highest BCUT2D eigenvalue weighted by atomic mass is 16.6. The Bertz CT molecular complexity index is 1890. The minimum Gasteiger partial charge on any atom is -0.471 e. The summed E-state index contributed by atoms with van der Waals surface area (Å²) >= 11 is 0. The number of hydrogen-bond acceptors (Lipinski definition) is 13. The number of nitrogens with one attached hydrogen (secondary N) is 2. The van der Waals surface area contributed by atoms with Crippen LogP contribution in [-0.2, 0) is 19.1 Å². The summed E-state index contributed by atoms with van der Waals surface area (Å²) in [6, 6.07) is 16.0. The SMILES string of the molecule is CCCCCCCCCCCCCCCCCCC(=O)OCCN(CC)c1ccc(/N=N/c2cc(OCNC(C)=O)c(/N=N/c3ccc([N+](=O)[O-])cc3)cc2OCNC(=O)CC)cc1. The topological polar surface area (TPSA) is 199 Å². The number of carbonyl (C=O) groups is 3. The number of hydrogen-bond donors (Lipinski definition) is 2. The van der Waals surface area contributed by atoms with Gasteiger partial charge in [0.15, 0.2) is 25.0 Å². The fourth-order valence-electron chi connectivity index (χ4n) is 6.68. The maximum absolute atomic E-state index is 12.5. The lowest BCUT2D eigenvalue weighted by atomic mass is 10.0. The zero-order valence-corrected chi connectivity index (χ0v) is 38.5. The molecule has 350 valence electrons. The molecule has 0 saturated heterocycles. The summed E-state index contributed by atoms with van der Waals surface area (Å²) in [4.78, 5) is 48.7. The van der Waals surface area contributed by atoms with Crippen LogP contribution in [0, 0.1) is 10.1 Å². The predicted octanol–water partition coefficient (Wildman–Crippen LogP) is 12.8. The van der Waals surface area contributed by atoms with Gasteiger partial charge in [-0.3, -0.25) is 24.5 Å². The van der Waals surface area contributed by atoms with Crippen LogP contribution in [0.25, 0.3) is 0 Å². The fraction of sp³-hybridized carbons (Fsp3) is 0.562. The van der Waals surface area contributed by atoms with Crippen LogP contribution in [0.15, 0.2) is 81.1 Å². The lowest BCUT2D eigenvalue weighted by Crippen LogP contribution is -2.27. The van der Waals surface area contributed by atoms with Crippen LogP contribution in [0.5, 0.6) is 11.5 Å². The van der Waals surface area contributed by atoms with E-state index in [0.717, 1.165) is 18.5 Å². The molecule has 3 aromatic carbocycles. The number of ether oxygens (including phenoxy) is 3. The summed E-state index contributed by atoms with van der Waals surface area (Å²) in [7, 11) is 0. The van der Waals surface area contributed by atoms with E-state index in [1.807, 2.05) is 31.2 Å². The molecule has 0 saturated carbocycles. The maximum Gasteiger partial charge on any atom is 0.305 e. The molecule has 3 aromatic rings. The number of non-ortho nitro benzene ring substituents is 1. The summed E-state index contributed by atoms with van der Waals surface area (Å²) in [6.07, 6.45) is 21.4. The standard InChI is InChI=1S/C48H70N8O8/c1-5-8-9-10-11-12-13-14-15-16-17-18-19-20-21-22-23-48(59)62-33-32-55(7-3)41-28-24-39(25-29-41)51-54-44-34-45(63-36-49-38(4)57)43(35-46(44)64-37-50-47(58)6-2)53-52-40-26-30-42(31-27-40)56(60)61/h24-31,34-35H,5-23,32-33,36-37H2,1-4H3,(H,49,57)(H,50,58)/b53-52+,54-51+. The first kappa shape index (κ1) is 52.4. The summed E-state index contributed by atoms with van der Waals surface area (Å²) < 4.78 is 17.3. The second-order valence-electron chi connectivity index (χ2n) is 15.6. The predicted molar refractivity (Wildman–Crippen MR) is 251 cm³/mol. The highest BCUT2D eigenvalue weighted by Gasteiger charge is 2.15. The first-order chi connectivity index (χ1) is 31.1. The molecule has 0 unspecified atom stereocenters. The van der Waals surface area contributed by atoms with Crippen LogP contribution in [0.2, 0.25) is 0 Å². The minimum absolute atomic E-state index is 0.0939. The molecule has 0 aliphatic heterocycles. The molecule has 3 rings (SSSR count). The number of nitro benzene ring substituents is 1. The molecule has 0 aliphatic rings. The number of likely N-dealkylation sites (N-methyl/N-ethyl adjacent to an activating group) is 1. The molecular weight excluding hydrogens is 817 g/mol. The molecule has 0 aromatic heterocycles. The van der Waals surface area contributed by atoms with Crippen molar-refractivity contribution >= 4 is 51.9 Å². The maximum atomic E-state index is 12.5. The van der Waals surface area contributed by atoms with E-state index in [4.69, 9.17) is 14.2 Å². The van der Waals surface area contributed by atoms with Gasteiger partial charge in [-0.2, -0.15) is 10.2 Å². The third kappa shape index (κ3) is 21.9. The monoisotopic (exact) mass is 887 g/mol. The first-order valence-electron chi connectivity index (χ1n) is 23.2. The normalized spacial score (nSPS) is 11.2. The van der Waals surface area contributed by atoms with E-state index in [9.17, 15) is 24.5 Å². The summed E-state index contributed by atoms with van der Waals surface area (Å²) in [5.74, 6) is -0.313.